The Kier molecular flexibility index (Phi) is 8.78. The molecule has 3 aliphatic heterocycles. The van der Waals surface area contributed by atoms with E-state index in [1.165, 1.54) is 12.1 Å². The molecule has 10 heteroatoms. The number of ketones is 1. The first-order valence-electron chi connectivity index (χ1n) is 14.9. The van der Waals surface area contributed by atoms with Gasteiger partial charge in [-0.05, 0) is 72.1 Å². The highest BCUT2D eigenvalue weighted by Gasteiger charge is 2.51. The Bertz CT molecular complexity index is 1340. The molecule has 0 saturated carbocycles. The zero-order valence-corrected chi connectivity index (χ0v) is 24.6. The number of rotatable bonds is 8. The highest BCUT2D eigenvalue weighted by Crippen LogP contribution is 2.42. The predicted octanol–water partition coefficient (Wildman–Crippen LogP) is 4.41. The SMILES string of the molecule is CC(C)/C(=C/C(=N)c1ccc(F)cc1)c1ncc(C(=O)N2CCC(C)C(CC(=O)C3(O)CCOCC3)CC23COC3)[nH]1. The first-order valence-corrected chi connectivity index (χ1v) is 14.9. The van der Waals surface area contributed by atoms with Crippen molar-refractivity contribution in [3.05, 3.63) is 59.4 Å². The van der Waals surface area contributed by atoms with Crippen molar-refractivity contribution < 1.29 is 28.6 Å². The van der Waals surface area contributed by atoms with Crippen LogP contribution in [0.2, 0.25) is 0 Å². The smallest absolute Gasteiger partial charge is 0.272 e. The van der Waals surface area contributed by atoms with Crippen LogP contribution < -0.4 is 0 Å². The number of halogens is 1. The normalized spacial score (nSPS) is 23.9. The number of Topliss-reactive ketones (excluding diaryl/α,β-unsaturated/α-hetero) is 1. The minimum absolute atomic E-state index is 0.00847. The molecule has 1 amide bonds. The lowest BCUT2D eigenvalue weighted by Gasteiger charge is -2.49. The van der Waals surface area contributed by atoms with E-state index in [4.69, 9.17) is 14.9 Å². The van der Waals surface area contributed by atoms with E-state index in [0.717, 1.165) is 12.0 Å². The van der Waals surface area contributed by atoms with Crippen molar-refractivity contribution in [2.45, 2.75) is 64.0 Å². The molecule has 42 heavy (non-hydrogen) atoms. The molecule has 2 atom stereocenters. The summed E-state index contributed by atoms with van der Waals surface area (Å²) in [6.45, 7) is 8.21. The van der Waals surface area contributed by atoms with Crippen LogP contribution in [-0.2, 0) is 14.3 Å². The Morgan fingerprint density at radius 2 is 1.90 bits per heavy atom. The summed E-state index contributed by atoms with van der Waals surface area (Å²) in [5.74, 6) is 0.0751. The van der Waals surface area contributed by atoms with Crippen molar-refractivity contribution in [1.82, 2.24) is 14.9 Å². The van der Waals surface area contributed by atoms with E-state index in [1.54, 1.807) is 24.4 Å². The van der Waals surface area contributed by atoms with Crippen molar-refractivity contribution in [2.24, 2.45) is 17.8 Å². The molecular weight excluding hydrogens is 539 g/mol. The average Bonchev–Trinajstić information content (AvgIpc) is 3.38. The van der Waals surface area contributed by atoms with Crippen LogP contribution in [0.15, 0.2) is 36.5 Å². The van der Waals surface area contributed by atoms with Crippen molar-refractivity contribution in [2.75, 3.05) is 33.0 Å². The predicted molar refractivity (Wildman–Crippen MR) is 156 cm³/mol. The topological polar surface area (TPSA) is 129 Å². The Morgan fingerprint density at radius 1 is 1.21 bits per heavy atom. The van der Waals surface area contributed by atoms with Gasteiger partial charge in [0.2, 0.25) is 0 Å². The fourth-order valence-electron chi connectivity index (χ4n) is 6.32. The second-order valence-electron chi connectivity index (χ2n) is 12.5. The number of benzene rings is 1. The largest absolute Gasteiger partial charge is 0.382 e. The van der Waals surface area contributed by atoms with Gasteiger partial charge >= 0.3 is 0 Å². The molecule has 3 N–H and O–H groups in total. The molecule has 226 valence electrons. The van der Waals surface area contributed by atoms with Gasteiger partial charge in [0.15, 0.2) is 5.78 Å². The Labute approximate surface area is 246 Å². The fraction of sp³-hybridized carbons (Fsp3) is 0.562. The maximum atomic E-state index is 14.0. The van der Waals surface area contributed by atoms with Gasteiger partial charge in [-0.3, -0.25) is 9.59 Å². The Hall–Kier alpha value is -3.21. The summed E-state index contributed by atoms with van der Waals surface area (Å²) >= 11 is 0. The van der Waals surface area contributed by atoms with Crippen LogP contribution in [0.1, 0.15) is 74.8 Å². The minimum Gasteiger partial charge on any atom is -0.382 e. The first kappa shape index (κ1) is 30.3. The number of hydrogen-bond acceptors (Lipinski definition) is 7. The van der Waals surface area contributed by atoms with Crippen molar-refractivity contribution >= 4 is 23.0 Å². The molecule has 0 radical (unpaired) electrons. The zero-order chi connectivity index (χ0) is 30.1. The third kappa shape index (κ3) is 6.11. The van der Waals surface area contributed by atoms with Crippen LogP contribution in [0.5, 0.6) is 0 Å². The van der Waals surface area contributed by atoms with E-state index in [0.29, 0.717) is 69.3 Å². The maximum Gasteiger partial charge on any atom is 0.272 e. The average molecular weight is 581 g/mol. The number of carbonyl (C=O) groups excluding carboxylic acids is 2. The molecule has 2 unspecified atom stereocenters. The summed E-state index contributed by atoms with van der Waals surface area (Å²) in [5, 5.41) is 19.5. The maximum absolute atomic E-state index is 14.0. The number of imidazole rings is 1. The Morgan fingerprint density at radius 3 is 2.52 bits per heavy atom. The molecule has 9 nitrogen and oxygen atoms in total. The van der Waals surface area contributed by atoms with E-state index < -0.39 is 11.1 Å². The minimum atomic E-state index is -1.33. The Balaban J connectivity index is 1.34. The highest BCUT2D eigenvalue weighted by molar-refractivity contribution is 6.10. The molecule has 1 aromatic heterocycles. The molecule has 1 aromatic carbocycles. The molecule has 5 rings (SSSR count). The number of H-pyrrole nitrogens is 1. The quantitative estimate of drug-likeness (QED) is 0.397. The summed E-state index contributed by atoms with van der Waals surface area (Å²) in [6.07, 6.45) is 5.53. The number of aromatic amines is 1. The van der Waals surface area contributed by atoms with Gasteiger partial charge in [0.1, 0.15) is 22.9 Å². The first-order chi connectivity index (χ1) is 20.0. The van der Waals surface area contributed by atoms with Gasteiger partial charge in [-0.25, -0.2) is 9.37 Å². The summed E-state index contributed by atoms with van der Waals surface area (Å²) in [5.41, 5.74) is 0.0806. The lowest BCUT2D eigenvalue weighted by Crippen LogP contribution is -2.64. The molecule has 4 heterocycles. The van der Waals surface area contributed by atoms with E-state index in [1.807, 2.05) is 18.7 Å². The molecule has 3 saturated heterocycles. The van der Waals surface area contributed by atoms with Crippen LogP contribution in [0.25, 0.3) is 5.57 Å². The number of aliphatic hydroxyl groups is 1. The van der Waals surface area contributed by atoms with Gasteiger partial charge in [0, 0.05) is 39.0 Å². The second-order valence-corrected chi connectivity index (χ2v) is 12.5. The van der Waals surface area contributed by atoms with E-state index in [9.17, 15) is 19.1 Å². The molecule has 3 fully saturated rings. The van der Waals surface area contributed by atoms with Gasteiger partial charge in [-0.2, -0.15) is 0 Å². The number of aromatic nitrogens is 2. The monoisotopic (exact) mass is 580 g/mol. The van der Waals surface area contributed by atoms with Crippen molar-refractivity contribution in [3.63, 3.8) is 0 Å². The molecule has 0 aliphatic carbocycles. The second kappa shape index (κ2) is 12.2. The highest BCUT2D eigenvalue weighted by atomic mass is 19.1. The fourth-order valence-corrected chi connectivity index (χ4v) is 6.32. The summed E-state index contributed by atoms with van der Waals surface area (Å²) < 4.78 is 24.4. The third-order valence-corrected chi connectivity index (χ3v) is 9.26. The number of likely N-dealkylation sites (tertiary alicyclic amines) is 1. The lowest BCUT2D eigenvalue weighted by molar-refractivity contribution is -0.151. The van der Waals surface area contributed by atoms with Crippen LogP contribution in [-0.4, -0.2) is 81.5 Å². The number of hydrogen-bond donors (Lipinski definition) is 3. The summed E-state index contributed by atoms with van der Waals surface area (Å²) in [7, 11) is 0. The number of carbonyl (C=O) groups is 2. The van der Waals surface area contributed by atoms with Gasteiger partial charge in [0.25, 0.3) is 5.91 Å². The van der Waals surface area contributed by atoms with Crippen LogP contribution in [0.4, 0.5) is 4.39 Å². The van der Waals surface area contributed by atoms with Crippen molar-refractivity contribution in [1.29, 1.82) is 5.41 Å². The zero-order valence-electron chi connectivity index (χ0n) is 24.6. The third-order valence-electron chi connectivity index (χ3n) is 9.26. The molecule has 3 aliphatic rings. The van der Waals surface area contributed by atoms with E-state index in [-0.39, 0.29) is 47.4 Å². The van der Waals surface area contributed by atoms with Crippen LogP contribution in [0, 0.1) is 29.0 Å². The molecule has 2 aromatic rings. The number of nitrogens with zero attached hydrogens (tertiary/aromatic N) is 2. The van der Waals surface area contributed by atoms with Gasteiger partial charge in [-0.1, -0.05) is 20.8 Å². The molecular formula is C32H41FN4O5. The number of nitrogens with one attached hydrogen (secondary N) is 2. The summed E-state index contributed by atoms with van der Waals surface area (Å²) in [6, 6.07) is 5.78. The van der Waals surface area contributed by atoms with Crippen LogP contribution in [0.3, 0.4) is 0 Å². The van der Waals surface area contributed by atoms with Crippen LogP contribution >= 0.6 is 0 Å². The summed E-state index contributed by atoms with van der Waals surface area (Å²) in [4.78, 5) is 36.8. The molecule has 0 bridgehead atoms. The lowest BCUT2D eigenvalue weighted by atomic mass is 9.75. The van der Waals surface area contributed by atoms with Gasteiger partial charge in [-0.15, -0.1) is 0 Å². The van der Waals surface area contributed by atoms with Gasteiger partial charge < -0.3 is 29.9 Å². The number of allylic oxidation sites excluding steroid dienone is 2. The molecule has 1 spiro atoms. The van der Waals surface area contributed by atoms with E-state index in [2.05, 4.69) is 16.9 Å². The number of ether oxygens (including phenoxy) is 2. The number of amides is 1. The van der Waals surface area contributed by atoms with E-state index >= 15 is 0 Å². The van der Waals surface area contributed by atoms with Crippen molar-refractivity contribution in [3.8, 4) is 0 Å². The van der Waals surface area contributed by atoms with Gasteiger partial charge in [0.05, 0.1) is 30.7 Å². The standard InChI is InChI=1S/C32H41FN4O5/c1-20(2)25(15-26(34)22-4-6-24(33)7-5-22)29-35-17-27(36-29)30(39)37-11-8-21(3)23(16-31(37)18-42-19-31)14-28(38)32(40)9-12-41-13-10-32/h4-7,15,17,20-21,23,34,40H,8-14,16,18-19H2,1-3H3,(H,35,36)/b25-15-,34-26?.